The van der Waals surface area contributed by atoms with Crippen molar-refractivity contribution in [2.75, 3.05) is 12.4 Å². The van der Waals surface area contributed by atoms with Crippen molar-refractivity contribution in [2.24, 2.45) is 4.99 Å². The van der Waals surface area contributed by atoms with Gasteiger partial charge in [0.2, 0.25) is 5.55 Å². The van der Waals surface area contributed by atoms with Crippen molar-refractivity contribution < 1.29 is 13.9 Å². The second-order valence-electron chi connectivity index (χ2n) is 7.74. The zero-order valence-corrected chi connectivity index (χ0v) is 20.1. The topological polar surface area (TPSA) is 76.7 Å². The summed E-state index contributed by atoms with van der Waals surface area (Å²) in [6.07, 6.45) is 2.80. The van der Waals surface area contributed by atoms with Gasteiger partial charge in [-0.25, -0.2) is 9.98 Å². The van der Waals surface area contributed by atoms with Crippen molar-refractivity contribution in [1.29, 1.82) is 0 Å². The summed E-state index contributed by atoms with van der Waals surface area (Å²) >= 11 is 1.52. The minimum atomic E-state index is -0.311. The molecule has 1 amide bonds. The number of nitrogens with one attached hydrogen (secondary N) is 1. The number of benzene rings is 2. The highest BCUT2D eigenvalue weighted by Gasteiger charge is 2.17. The van der Waals surface area contributed by atoms with Crippen LogP contribution in [0.25, 0.3) is 11.0 Å². The molecule has 0 bridgehead atoms. The van der Waals surface area contributed by atoms with E-state index in [1.165, 1.54) is 16.2 Å². The summed E-state index contributed by atoms with van der Waals surface area (Å²) in [7, 11) is 1.59. The number of carbonyl (C=O) groups is 1. The summed E-state index contributed by atoms with van der Waals surface area (Å²) in [6.45, 7) is 6.24. The van der Waals surface area contributed by atoms with Crippen molar-refractivity contribution in [3.63, 3.8) is 0 Å². The Morgan fingerprint density at radius 3 is 2.67 bits per heavy atom. The van der Waals surface area contributed by atoms with Crippen molar-refractivity contribution in [3.8, 4) is 5.75 Å². The Morgan fingerprint density at radius 1 is 1.18 bits per heavy atom. The maximum Gasteiger partial charge on any atom is 0.262 e. The van der Waals surface area contributed by atoms with E-state index in [1.54, 1.807) is 13.2 Å². The predicted molar refractivity (Wildman–Crippen MR) is 133 cm³/mol. The molecule has 0 fully saturated rings. The predicted octanol–water partition coefficient (Wildman–Crippen LogP) is 6.21. The fourth-order valence-corrected chi connectivity index (χ4v) is 4.52. The molecule has 0 aliphatic carbocycles. The third-order valence-corrected chi connectivity index (χ3v) is 6.43. The molecule has 0 saturated carbocycles. The maximum atomic E-state index is 13.3. The van der Waals surface area contributed by atoms with Crippen LogP contribution in [-0.2, 0) is 12.8 Å². The van der Waals surface area contributed by atoms with Crippen LogP contribution in [0, 0.1) is 6.92 Å². The van der Waals surface area contributed by atoms with Crippen LogP contribution in [0.1, 0.15) is 46.8 Å². The third kappa shape index (κ3) is 4.98. The summed E-state index contributed by atoms with van der Waals surface area (Å²) in [5.41, 5.74) is 3.96. The van der Waals surface area contributed by atoms with Gasteiger partial charge in [-0.1, -0.05) is 50.1 Å². The number of aryl methyl sites for hydroxylation is 3. The Bertz CT molecular complexity index is 1350. The van der Waals surface area contributed by atoms with Crippen LogP contribution < -0.4 is 15.6 Å². The molecule has 0 saturated heterocycles. The van der Waals surface area contributed by atoms with Crippen molar-refractivity contribution >= 4 is 39.0 Å². The Kier molecular flexibility index (Phi) is 6.89. The van der Waals surface area contributed by atoms with Crippen LogP contribution in [0.3, 0.4) is 0 Å². The van der Waals surface area contributed by atoms with Gasteiger partial charge in [0.15, 0.2) is 16.5 Å². The van der Waals surface area contributed by atoms with Gasteiger partial charge in [-0.05, 0) is 44.0 Å². The van der Waals surface area contributed by atoms with Gasteiger partial charge in [0.25, 0.3) is 5.91 Å². The minimum absolute atomic E-state index is 0.217. The number of fused-ring (bicyclic) bond motifs is 1. The smallest absolute Gasteiger partial charge is 0.262 e. The largest absolute Gasteiger partial charge is 0.493 e. The summed E-state index contributed by atoms with van der Waals surface area (Å²) in [5, 5.41) is 4.30. The van der Waals surface area contributed by atoms with Crippen LogP contribution in [-0.4, -0.2) is 18.0 Å². The van der Waals surface area contributed by atoms with E-state index in [1.807, 2.05) is 49.4 Å². The average Bonchev–Trinajstić information content (AvgIpc) is 3.21. The molecule has 0 unspecified atom stereocenters. The van der Waals surface area contributed by atoms with E-state index >= 15 is 0 Å². The lowest BCUT2D eigenvalue weighted by molar-refractivity contribution is 0.102. The number of para-hydroxylation sites is 1. The summed E-state index contributed by atoms with van der Waals surface area (Å²) in [4.78, 5) is 23.8. The number of nitrogens with zero attached hydrogens (tertiary/aromatic N) is 2. The SMILES string of the molecule is CCCc1nc(NC(=O)c2cc3cccc(OC)c3oc2=Nc2ccc(C)cc2)sc1CC. The molecule has 2 aromatic carbocycles. The molecule has 4 aromatic rings. The first-order valence-corrected chi connectivity index (χ1v) is 11.9. The van der Waals surface area contributed by atoms with E-state index in [0.717, 1.165) is 35.9 Å². The maximum absolute atomic E-state index is 13.3. The quantitative estimate of drug-likeness (QED) is 0.355. The molecule has 7 heteroatoms. The molecule has 0 atom stereocenters. The molecule has 2 heterocycles. The number of anilines is 1. The molecule has 170 valence electrons. The van der Waals surface area contributed by atoms with E-state index in [-0.39, 0.29) is 11.5 Å². The second kappa shape index (κ2) is 10.0. The normalized spacial score (nSPS) is 11.7. The monoisotopic (exact) mass is 461 g/mol. The molecule has 1 N–H and O–H groups in total. The standard InChI is InChI=1S/C26H27N3O3S/c1-5-8-20-22(6-2)33-26(28-20)29-24(30)19-15-17-9-7-10-21(31-4)23(17)32-25(19)27-18-13-11-16(3)12-14-18/h7,9-15H,5-6,8H2,1-4H3,(H,28,29,30). The molecular weight excluding hydrogens is 434 g/mol. The number of rotatable bonds is 7. The number of amides is 1. The van der Waals surface area contributed by atoms with E-state index in [4.69, 9.17) is 9.15 Å². The molecule has 33 heavy (non-hydrogen) atoms. The molecule has 2 aromatic heterocycles. The summed E-state index contributed by atoms with van der Waals surface area (Å²) < 4.78 is 11.6. The number of aromatic nitrogens is 1. The number of ether oxygens (including phenoxy) is 1. The molecule has 6 nitrogen and oxygen atoms in total. The fraction of sp³-hybridized carbons (Fsp3) is 0.269. The highest BCUT2D eigenvalue weighted by Crippen LogP contribution is 2.27. The van der Waals surface area contributed by atoms with Gasteiger partial charge < -0.3 is 9.15 Å². The molecule has 0 aliphatic heterocycles. The van der Waals surface area contributed by atoms with E-state index < -0.39 is 0 Å². The van der Waals surface area contributed by atoms with Gasteiger partial charge in [0.05, 0.1) is 18.5 Å². The van der Waals surface area contributed by atoms with Crippen molar-refractivity contribution in [1.82, 2.24) is 4.98 Å². The number of hydrogen-bond donors (Lipinski definition) is 1. The zero-order valence-electron chi connectivity index (χ0n) is 19.3. The van der Waals surface area contributed by atoms with Gasteiger partial charge in [-0.2, -0.15) is 0 Å². The van der Waals surface area contributed by atoms with Gasteiger partial charge >= 0.3 is 0 Å². The van der Waals surface area contributed by atoms with Crippen LogP contribution in [0.4, 0.5) is 10.8 Å². The average molecular weight is 462 g/mol. The Balaban J connectivity index is 1.81. The van der Waals surface area contributed by atoms with E-state index in [9.17, 15) is 4.79 Å². The van der Waals surface area contributed by atoms with Crippen molar-refractivity contribution in [2.45, 2.75) is 40.0 Å². The van der Waals surface area contributed by atoms with Crippen LogP contribution >= 0.6 is 11.3 Å². The lowest BCUT2D eigenvalue weighted by Crippen LogP contribution is -2.21. The molecular formula is C26H27N3O3S. The number of carbonyl (C=O) groups excluding carboxylic acids is 1. The van der Waals surface area contributed by atoms with Crippen LogP contribution in [0.15, 0.2) is 57.9 Å². The Morgan fingerprint density at radius 2 is 1.97 bits per heavy atom. The lowest BCUT2D eigenvalue weighted by Gasteiger charge is -2.08. The third-order valence-electron chi connectivity index (χ3n) is 5.27. The first-order chi connectivity index (χ1) is 16.0. The first-order valence-electron chi connectivity index (χ1n) is 11.0. The van der Waals surface area contributed by atoms with Gasteiger partial charge in [-0.3, -0.25) is 10.1 Å². The summed E-state index contributed by atoms with van der Waals surface area (Å²) in [6, 6.07) is 15.1. The minimum Gasteiger partial charge on any atom is -0.493 e. The Labute approximate surface area is 197 Å². The Hall–Kier alpha value is -3.45. The van der Waals surface area contributed by atoms with Gasteiger partial charge in [0, 0.05) is 10.3 Å². The fourth-order valence-electron chi connectivity index (χ4n) is 3.58. The lowest BCUT2D eigenvalue weighted by atomic mass is 10.1. The second-order valence-corrected chi connectivity index (χ2v) is 8.82. The van der Waals surface area contributed by atoms with Crippen molar-refractivity contribution in [3.05, 3.63) is 75.8 Å². The molecule has 0 aliphatic rings. The highest BCUT2D eigenvalue weighted by atomic mass is 32.1. The highest BCUT2D eigenvalue weighted by molar-refractivity contribution is 7.15. The molecule has 0 radical (unpaired) electrons. The van der Waals surface area contributed by atoms with Gasteiger partial charge in [0.1, 0.15) is 5.56 Å². The molecule has 4 rings (SSSR count). The van der Waals surface area contributed by atoms with Crippen LogP contribution in [0.2, 0.25) is 0 Å². The van der Waals surface area contributed by atoms with Crippen LogP contribution in [0.5, 0.6) is 5.75 Å². The number of methoxy groups -OCH3 is 1. The van der Waals surface area contributed by atoms with E-state index in [2.05, 4.69) is 29.1 Å². The first kappa shape index (κ1) is 22.7. The van der Waals surface area contributed by atoms with Gasteiger partial charge in [-0.15, -0.1) is 11.3 Å². The number of hydrogen-bond acceptors (Lipinski definition) is 6. The molecule has 0 spiro atoms. The zero-order chi connectivity index (χ0) is 23.4. The summed E-state index contributed by atoms with van der Waals surface area (Å²) in [5.74, 6) is 0.269. The number of thiazole rings is 1. The van der Waals surface area contributed by atoms with E-state index in [0.29, 0.717) is 27.7 Å².